The lowest BCUT2D eigenvalue weighted by Gasteiger charge is -2.62. The third kappa shape index (κ3) is 2.53. The Kier molecular flexibility index (Phi) is 4.91. The van der Waals surface area contributed by atoms with Crippen LogP contribution in [0.2, 0.25) is 0 Å². The Hall–Kier alpha value is -1.86. The van der Waals surface area contributed by atoms with E-state index >= 15 is 4.39 Å². The molecule has 0 aromatic rings. The Morgan fingerprint density at radius 1 is 1.29 bits per heavy atom. The van der Waals surface area contributed by atoms with Crippen LogP contribution in [-0.2, 0) is 19.1 Å². The molecule has 2 N–H and O–H groups in total. The molecule has 0 radical (unpaired) electrons. The van der Waals surface area contributed by atoms with Crippen LogP contribution >= 0.6 is 0 Å². The molecule has 0 aromatic carbocycles. The number of hydrogen-bond acceptors (Lipinski definition) is 6. The molecule has 0 bridgehead atoms. The van der Waals surface area contributed by atoms with Crippen LogP contribution < -0.4 is 0 Å². The van der Waals surface area contributed by atoms with Gasteiger partial charge in [-0.1, -0.05) is 25.5 Å². The van der Waals surface area contributed by atoms with Gasteiger partial charge in [-0.15, -0.1) is 0 Å². The minimum Gasteiger partial charge on any atom is -0.450 e. The summed E-state index contributed by atoms with van der Waals surface area (Å²) in [7, 11) is 0. The van der Waals surface area contributed by atoms with Crippen LogP contribution in [0, 0.1) is 28.6 Å². The van der Waals surface area contributed by atoms with E-state index in [-0.39, 0.29) is 18.1 Å². The molecule has 0 saturated heterocycles. The first-order chi connectivity index (χ1) is 14.4. The zero-order chi connectivity index (χ0) is 23.0. The van der Waals surface area contributed by atoms with Gasteiger partial charge in [-0.25, -0.2) is 4.39 Å². The van der Waals surface area contributed by atoms with Gasteiger partial charge in [0.1, 0.15) is 6.61 Å². The Labute approximate surface area is 181 Å². The summed E-state index contributed by atoms with van der Waals surface area (Å²) in [5, 5.41) is 21.1. The first-order valence-electron chi connectivity index (χ1n) is 11.0. The first-order valence-corrected chi connectivity index (χ1v) is 11.0. The van der Waals surface area contributed by atoms with Gasteiger partial charge in [0, 0.05) is 29.6 Å². The average molecular weight is 435 g/mol. The Balaban J connectivity index is 1.86. The second-order valence-electron chi connectivity index (χ2n) is 10.3. The number of fused-ring (bicyclic) bond motifs is 5. The van der Waals surface area contributed by atoms with Crippen LogP contribution in [0.15, 0.2) is 23.8 Å². The monoisotopic (exact) mass is 434 g/mol. The zero-order valence-corrected chi connectivity index (χ0v) is 18.5. The minimum absolute atomic E-state index is 0.0846. The van der Waals surface area contributed by atoms with Crippen LogP contribution in [-0.4, -0.2) is 51.7 Å². The Morgan fingerprint density at radius 2 is 1.97 bits per heavy atom. The number of hydrogen-bond donors (Lipinski definition) is 2. The molecule has 6 unspecified atom stereocenters. The molecular weight excluding hydrogens is 403 g/mol. The van der Waals surface area contributed by atoms with Gasteiger partial charge in [0.05, 0.1) is 6.10 Å². The van der Waals surface area contributed by atoms with Crippen LogP contribution in [0.4, 0.5) is 4.39 Å². The quantitative estimate of drug-likeness (QED) is 0.662. The normalized spacial score (nSPS) is 48.4. The highest BCUT2D eigenvalue weighted by atomic mass is 19.1. The van der Waals surface area contributed by atoms with E-state index in [1.54, 1.807) is 26.8 Å². The van der Waals surface area contributed by atoms with Crippen molar-refractivity contribution in [3.05, 3.63) is 23.8 Å². The van der Waals surface area contributed by atoms with Crippen molar-refractivity contribution < 1.29 is 33.7 Å². The van der Waals surface area contributed by atoms with Gasteiger partial charge in [0.2, 0.25) is 5.78 Å². The lowest BCUT2D eigenvalue weighted by molar-refractivity contribution is -0.227. The molecule has 0 spiro atoms. The van der Waals surface area contributed by atoms with Crippen molar-refractivity contribution in [1.29, 1.82) is 0 Å². The van der Waals surface area contributed by atoms with Gasteiger partial charge < -0.3 is 14.9 Å². The van der Waals surface area contributed by atoms with Crippen LogP contribution in [0.5, 0.6) is 0 Å². The molecule has 0 aliphatic heterocycles. The Morgan fingerprint density at radius 3 is 2.58 bits per heavy atom. The molecule has 0 amide bonds. The summed E-state index contributed by atoms with van der Waals surface area (Å²) in [5.41, 5.74) is -5.10. The van der Waals surface area contributed by atoms with E-state index in [4.69, 9.17) is 4.74 Å². The smallest absolute Gasteiger partial charge is 0.303 e. The average Bonchev–Trinajstić information content (AvgIpc) is 2.90. The van der Waals surface area contributed by atoms with E-state index in [0.29, 0.717) is 24.8 Å². The summed E-state index contributed by atoms with van der Waals surface area (Å²) in [6.07, 6.45) is 4.29. The summed E-state index contributed by atoms with van der Waals surface area (Å²) < 4.78 is 22.8. The molecule has 0 heterocycles. The lowest BCUT2D eigenvalue weighted by Crippen LogP contribution is -2.70. The van der Waals surface area contributed by atoms with Gasteiger partial charge >= 0.3 is 5.97 Å². The topological polar surface area (TPSA) is 101 Å². The number of ketones is 2. The van der Waals surface area contributed by atoms with E-state index in [1.165, 1.54) is 19.1 Å². The Bertz CT molecular complexity index is 910. The van der Waals surface area contributed by atoms with Crippen LogP contribution in [0.25, 0.3) is 0 Å². The highest BCUT2D eigenvalue weighted by molar-refractivity contribution is 6.01. The van der Waals surface area contributed by atoms with E-state index in [1.807, 2.05) is 0 Å². The second-order valence-corrected chi connectivity index (χ2v) is 10.3. The molecule has 3 fully saturated rings. The predicted octanol–water partition coefficient (Wildman–Crippen LogP) is 2.47. The predicted molar refractivity (Wildman–Crippen MR) is 109 cm³/mol. The van der Waals surface area contributed by atoms with Crippen LogP contribution in [0.3, 0.4) is 0 Å². The summed E-state index contributed by atoms with van der Waals surface area (Å²) in [6, 6.07) is 0. The maximum Gasteiger partial charge on any atom is 0.303 e. The lowest BCUT2D eigenvalue weighted by atomic mass is 9.44. The maximum atomic E-state index is 17.1. The maximum absolute atomic E-state index is 17.1. The number of halogens is 1. The molecular formula is C24H31FO6. The number of allylic oxidation sites excluding steroid dienone is 4. The van der Waals surface area contributed by atoms with E-state index in [9.17, 15) is 24.6 Å². The number of Topliss-reactive ketones (excluding diaryl/α,β-unsaturated/α-hetero) is 1. The highest BCUT2D eigenvalue weighted by Crippen LogP contribution is 2.71. The van der Waals surface area contributed by atoms with E-state index in [2.05, 4.69) is 0 Å². The van der Waals surface area contributed by atoms with Gasteiger partial charge in [-0.3, -0.25) is 14.4 Å². The first kappa shape index (κ1) is 22.3. The molecule has 7 heteroatoms. The second kappa shape index (κ2) is 6.82. The number of aliphatic hydroxyl groups is 2. The molecule has 4 aliphatic rings. The molecule has 4 aliphatic carbocycles. The molecule has 6 nitrogen and oxygen atoms in total. The van der Waals surface area contributed by atoms with E-state index in [0.717, 1.165) is 0 Å². The molecule has 31 heavy (non-hydrogen) atoms. The van der Waals surface area contributed by atoms with Crippen molar-refractivity contribution in [2.24, 2.45) is 28.6 Å². The van der Waals surface area contributed by atoms with Crippen molar-refractivity contribution in [3.8, 4) is 0 Å². The standard InChI is InChI=1S/C24H31FO6/c1-13-9-18-17-6-5-15-10-16(28)7-8-21(15,3)23(17,25)19(29)11-22(18,4)24(13,20(30)12-26)31-14(2)27/h7-8,10,13,17-19,26,29H,5-6,9,11-12H2,1-4H3/t13?,17?,18?,19?,21?,22?,23-,24-/m0/s1. The summed E-state index contributed by atoms with van der Waals surface area (Å²) >= 11 is 0. The van der Waals surface area contributed by atoms with Crippen molar-refractivity contribution in [3.63, 3.8) is 0 Å². The number of rotatable bonds is 3. The zero-order valence-electron chi connectivity index (χ0n) is 18.5. The largest absolute Gasteiger partial charge is 0.450 e. The van der Waals surface area contributed by atoms with Crippen molar-refractivity contribution in [2.75, 3.05) is 6.61 Å². The fraction of sp³-hybridized carbons (Fsp3) is 0.708. The summed E-state index contributed by atoms with van der Waals surface area (Å²) in [5.74, 6) is -2.79. The fourth-order valence-electron chi connectivity index (χ4n) is 7.74. The number of ether oxygens (including phenoxy) is 1. The molecule has 8 atom stereocenters. The molecule has 4 rings (SSSR count). The number of alkyl halides is 1. The van der Waals surface area contributed by atoms with Crippen molar-refractivity contribution in [1.82, 2.24) is 0 Å². The van der Waals surface area contributed by atoms with Crippen molar-refractivity contribution >= 4 is 17.5 Å². The third-order valence-corrected chi connectivity index (χ3v) is 9.04. The molecule has 3 saturated carbocycles. The van der Waals surface area contributed by atoms with Crippen molar-refractivity contribution in [2.45, 2.75) is 70.8 Å². The number of carbonyl (C=O) groups excluding carboxylic acids is 3. The summed E-state index contributed by atoms with van der Waals surface area (Å²) in [6.45, 7) is 5.74. The minimum atomic E-state index is -2.02. The molecule has 170 valence electrons. The van der Waals surface area contributed by atoms with Crippen LogP contribution in [0.1, 0.15) is 53.4 Å². The molecule has 0 aromatic heterocycles. The van der Waals surface area contributed by atoms with Gasteiger partial charge in [-0.2, -0.15) is 0 Å². The third-order valence-electron chi connectivity index (χ3n) is 9.04. The number of carbonyl (C=O) groups is 3. The number of aliphatic hydroxyl groups excluding tert-OH is 2. The highest BCUT2D eigenvalue weighted by Gasteiger charge is 2.77. The summed E-state index contributed by atoms with van der Waals surface area (Å²) in [4.78, 5) is 37.0. The van der Waals surface area contributed by atoms with Gasteiger partial charge in [0.25, 0.3) is 0 Å². The van der Waals surface area contributed by atoms with Gasteiger partial charge in [-0.05, 0) is 50.7 Å². The fourth-order valence-corrected chi connectivity index (χ4v) is 7.74. The number of esters is 1. The van der Waals surface area contributed by atoms with Gasteiger partial charge in [0.15, 0.2) is 17.1 Å². The SMILES string of the molecule is CC(=O)O[C@]1(C(=O)CO)C(C)CC2C3CCC4=CC(=O)C=CC4(C)[C@@]3(F)C(O)CC21C. The van der Waals surface area contributed by atoms with E-state index < -0.39 is 58.4 Å².